The summed E-state index contributed by atoms with van der Waals surface area (Å²) < 4.78 is 14.0. The van der Waals surface area contributed by atoms with Gasteiger partial charge in [-0.15, -0.1) is 0 Å². The number of aryl methyl sites for hydroxylation is 1. The van der Waals surface area contributed by atoms with E-state index in [1.165, 1.54) is 6.07 Å². The zero-order chi connectivity index (χ0) is 13.8. The fourth-order valence-corrected chi connectivity index (χ4v) is 1.99. The van der Waals surface area contributed by atoms with E-state index in [-0.39, 0.29) is 10.8 Å². The molecule has 0 aromatic heterocycles. The normalized spacial score (nSPS) is 10.2. The van der Waals surface area contributed by atoms with Gasteiger partial charge < -0.3 is 11.1 Å². The number of para-hydroxylation sites is 1. The van der Waals surface area contributed by atoms with Crippen molar-refractivity contribution < 1.29 is 4.39 Å². The zero-order valence-corrected chi connectivity index (χ0v) is 11.4. The first-order valence-corrected chi connectivity index (χ1v) is 6.47. The molecule has 2 aromatic carbocycles. The second-order valence-corrected chi connectivity index (χ2v) is 4.63. The van der Waals surface area contributed by atoms with E-state index in [1.807, 2.05) is 24.3 Å². The number of halogens is 1. The average Bonchev–Trinajstić information content (AvgIpc) is 2.41. The first kappa shape index (κ1) is 13.5. The minimum absolute atomic E-state index is 0.194. The van der Waals surface area contributed by atoms with Gasteiger partial charge in [0.15, 0.2) is 0 Å². The molecule has 2 nitrogen and oxygen atoms in total. The lowest BCUT2D eigenvalue weighted by atomic mass is 10.1. The highest BCUT2D eigenvalue weighted by Gasteiger charge is 2.07. The molecule has 2 rings (SSSR count). The molecule has 0 heterocycles. The van der Waals surface area contributed by atoms with Crippen molar-refractivity contribution >= 4 is 28.6 Å². The number of nitrogens with two attached hydrogens (primary N) is 1. The Hall–Kier alpha value is -1.94. The lowest BCUT2D eigenvalue weighted by Gasteiger charge is -2.12. The highest BCUT2D eigenvalue weighted by Crippen LogP contribution is 2.24. The molecule has 98 valence electrons. The molecule has 2 aromatic rings. The quantitative estimate of drug-likeness (QED) is 0.834. The molecule has 0 spiro atoms. The summed E-state index contributed by atoms with van der Waals surface area (Å²) >= 11 is 4.82. The SMILES string of the molecule is CCc1ccccc1Nc1ccc(C(N)=S)cc1F. The predicted octanol–water partition coefficient (Wildman–Crippen LogP) is 3.77. The van der Waals surface area contributed by atoms with Gasteiger partial charge in [-0.3, -0.25) is 0 Å². The Bertz CT molecular complexity index is 611. The molecule has 0 bridgehead atoms. The summed E-state index contributed by atoms with van der Waals surface area (Å²) in [6.07, 6.45) is 0.885. The molecular formula is C15H15FN2S. The van der Waals surface area contributed by atoms with Gasteiger partial charge >= 0.3 is 0 Å². The summed E-state index contributed by atoms with van der Waals surface area (Å²) in [4.78, 5) is 0.194. The van der Waals surface area contributed by atoms with Gasteiger partial charge in [-0.1, -0.05) is 37.3 Å². The maximum atomic E-state index is 14.0. The lowest BCUT2D eigenvalue weighted by Crippen LogP contribution is -2.10. The van der Waals surface area contributed by atoms with Gasteiger partial charge in [0.25, 0.3) is 0 Å². The Morgan fingerprint density at radius 1 is 1.21 bits per heavy atom. The summed E-state index contributed by atoms with van der Waals surface area (Å²) in [6, 6.07) is 12.5. The van der Waals surface area contributed by atoms with Gasteiger partial charge in [-0.2, -0.15) is 0 Å². The molecule has 0 radical (unpaired) electrons. The van der Waals surface area contributed by atoms with E-state index in [0.717, 1.165) is 17.7 Å². The number of anilines is 2. The Labute approximate surface area is 117 Å². The number of hydrogen-bond donors (Lipinski definition) is 2. The number of rotatable bonds is 4. The summed E-state index contributed by atoms with van der Waals surface area (Å²) in [5.41, 5.74) is 8.47. The molecule has 19 heavy (non-hydrogen) atoms. The van der Waals surface area contributed by atoms with Crippen molar-refractivity contribution in [2.45, 2.75) is 13.3 Å². The third-order valence-corrected chi connectivity index (χ3v) is 3.16. The molecule has 0 amide bonds. The van der Waals surface area contributed by atoms with Crippen molar-refractivity contribution in [3.63, 3.8) is 0 Å². The van der Waals surface area contributed by atoms with E-state index in [4.69, 9.17) is 18.0 Å². The standard InChI is InChI=1S/C15H15FN2S/c1-2-10-5-3-4-6-13(10)18-14-8-7-11(15(17)19)9-12(14)16/h3-9,18H,2H2,1H3,(H2,17,19). The van der Waals surface area contributed by atoms with Crippen molar-refractivity contribution in [2.75, 3.05) is 5.32 Å². The van der Waals surface area contributed by atoms with E-state index in [2.05, 4.69) is 12.2 Å². The zero-order valence-electron chi connectivity index (χ0n) is 10.6. The molecule has 0 aliphatic carbocycles. The number of thiocarbonyl (C=S) groups is 1. The van der Waals surface area contributed by atoms with Gasteiger partial charge in [-0.25, -0.2) is 4.39 Å². The van der Waals surface area contributed by atoms with Gasteiger partial charge in [0.1, 0.15) is 10.8 Å². The number of hydrogen-bond acceptors (Lipinski definition) is 2. The van der Waals surface area contributed by atoms with Gasteiger partial charge in [0.2, 0.25) is 0 Å². The summed E-state index contributed by atoms with van der Waals surface area (Å²) in [6.45, 7) is 2.06. The van der Waals surface area contributed by atoms with Crippen LogP contribution in [0.3, 0.4) is 0 Å². The minimum Gasteiger partial charge on any atom is -0.389 e. The maximum Gasteiger partial charge on any atom is 0.147 e. The van der Waals surface area contributed by atoms with Crippen molar-refractivity contribution in [3.05, 3.63) is 59.4 Å². The van der Waals surface area contributed by atoms with Crippen LogP contribution in [0.2, 0.25) is 0 Å². The molecule has 0 unspecified atom stereocenters. The summed E-state index contributed by atoms with van der Waals surface area (Å²) in [5, 5.41) is 3.10. The van der Waals surface area contributed by atoms with Crippen LogP contribution >= 0.6 is 12.2 Å². The Morgan fingerprint density at radius 3 is 2.58 bits per heavy atom. The molecule has 0 atom stereocenters. The first-order chi connectivity index (χ1) is 9.11. The smallest absolute Gasteiger partial charge is 0.147 e. The fraction of sp³-hybridized carbons (Fsp3) is 0.133. The second kappa shape index (κ2) is 5.80. The van der Waals surface area contributed by atoms with E-state index < -0.39 is 0 Å². The monoisotopic (exact) mass is 274 g/mol. The fourth-order valence-electron chi connectivity index (χ4n) is 1.87. The number of nitrogens with one attached hydrogen (secondary N) is 1. The maximum absolute atomic E-state index is 14.0. The molecule has 3 N–H and O–H groups in total. The van der Waals surface area contributed by atoms with Crippen LogP contribution < -0.4 is 11.1 Å². The Balaban J connectivity index is 2.31. The summed E-state index contributed by atoms with van der Waals surface area (Å²) in [5.74, 6) is -0.365. The van der Waals surface area contributed by atoms with Crippen LogP contribution in [0.1, 0.15) is 18.1 Å². The first-order valence-electron chi connectivity index (χ1n) is 6.06. The van der Waals surface area contributed by atoms with Gasteiger partial charge in [0.05, 0.1) is 5.69 Å². The van der Waals surface area contributed by atoms with Crippen LogP contribution in [0.15, 0.2) is 42.5 Å². The molecule has 0 fully saturated rings. The van der Waals surface area contributed by atoms with Crippen molar-refractivity contribution in [3.8, 4) is 0 Å². The van der Waals surface area contributed by atoms with E-state index in [0.29, 0.717) is 11.3 Å². The van der Waals surface area contributed by atoms with Gasteiger partial charge in [-0.05, 0) is 36.2 Å². The van der Waals surface area contributed by atoms with Crippen molar-refractivity contribution in [1.29, 1.82) is 0 Å². The van der Waals surface area contributed by atoms with Crippen molar-refractivity contribution in [1.82, 2.24) is 0 Å². The van der Waals surface area contributed by atoms with Crippen molar-refractivity contribution in [2.24, 2.45) is 5.73 Å². The molecule has 0 saturated carbocycles. The van der Waals surface area contributed by atoms with Crippen LogP contribution in [0, 0.1) is 5.82 Å². The highest BCUT2D eigenvalue weighted by atomic mass is 32.1. The molecular weight excluding hydrogens is 259 g/mol. The van der Waals surface area contributed by atoms with Crippen LogP contribution in [-0.2, 0) is 6.42 Å². The highest BCUT2D eigenvalue weighted by molar-refractivity contribution is 7.80. The molecule has 0 aliphatic rings. The van der Waals surface area contributed by atoms with Gasteiger partial charge in [0, 0.05) is 11.3 Å². The number of benzene rings is 2. The topological polar surface area (TPSA) is 38.0 Å². The van der Waals surface area contributed by atoms with E-state index in [1.54, 1.807) is 12.1 Å². The third-order valence-electron chi connectivity index (χ3n) is 2.92. The third kappa shape index (κ3) is 3.09. The van der Waals surface area contributed by atoms with Crippen LogP contribution in [0.5, 0.6) is 0 Å². The largest absolute Gasteiger partial charge is 0.389 e. The minimum atomic E-state index is -0.365. The lowest BCUT2D eigenvalue weighted by molar-refractivity contribution is 0.631. The molecule has 4 heteroatoms. The summed E-state index contributed by atoms with van der Waals surface area (Å²) in [7, 11) is 0. The average molecular weight is 274 g/mol. The molecule has 0 aliphatic heterocycles. The van der Waals surface area contributed by atoms with Crippen LogP contribution in [-0.4, -0.2) is 4.99 Å². The van der Waals surface area contributed by atoms with Crippen LogP contribution in [0.4, 0.5) is 15.8 Å². The Morgan fingerprint density at radius 2 is 1.95 bits per heavy atom. The Kier molecular flexibility index (Phi) is 4.12. The van der Waals surface area contributed by atoms with Crippen LogP contribution in [0.25, 0.3) is 0 Å². The molecule has 0 saturated heterocycles. The van der Waals surface area contributed by atoms with E-state index in [9.17, 15) is 4.39 Å². The van der Waals surface area contributed by atoms with E-state index >= 15 is 0 Å². The predicted molar refractivity (Wildman–Crippen MR) is 81.4 cm³/mol. The second-order valence-electron chi connectivity index (χ2n) is 4.19.